The monoisotopic (exact) mass is 432 g/mol. The number of para-hydroxylation sites is 1. The number of rotatable bonds is 5. The SMILES string of the molecule is Clc1ccc(-n2c(-c3ccccc3)cc(C=Nc3ccccc3)c2-c2ccccc2)cc1. The molecule has 154 valence electrons. The molecule has 3 heteroatoms. The summed E-state index contributed by atoms with van der Waals surface area (Å²) in [5, 5.41) is 0.717. The van der Waals surface area contributed by atoms with E-state index in [2.05, 4.69) is 71.3 Å². The molecule has 0 fully saturated rings. The Morgan fingerprint density at radius 3 is 1.81 bits per heavy atom. The van der Waals surface area contributed by atoms with E-state index in [1.165, 1.54) is 0 Å². The van der Waals surface area contributed by atoms with Gasteiger partial charge in [0.25, 0.3) is 0 Å². The number of hydrogen-bond acceptors (Lipinski definition) is 1. The maximum Gasteiger partial charge on any atom is 0.0629 e. The molecule has 0 aliphatic rings. The Labute approximate surface area is 193 Å². The van der Waals surface area contributed by atoms with Crippen molar-refractivity contribution in [2.24, 2.45) is 4.99 Å². The highest BCUT2D eigenvalue weighted by molar-refractivity contribution is 6.30. The van der Waals surface area contributed by atoms with Crippen LogP contribution in [0.5, 0.6) is 0 Å². The fourth-order valence-corrected chi connectivity index (χ4v) is 3.98. The van der Waals surface area contributed by atoms with Gasteiger partial charge in [-0.1, -0.05) is 90.5 Å². The first-order valence-electron chi connectivity index (χ1n) is 10.5. The lowest BCUT2D eigenvalue weighted by atomic mass is 10.1. The zero-order valence-corrected chi connectivity index (χ0v) is 18.2. The van der Waals surface area contributed by atoms with Crippen molar-refractivity contribution in [3.05, 3.63) is 132 Å². The summed E-state index contributed by atoms with van der Waals surface area (Å²) < 4.78 is 2.29. The molecular formula is C29H21ClN2. The van der Waals surface area contributed by atoms with Crippen LogP contribution in [0.1, 0.15) is 5.56 Å². The molecule has 0 amide bonds. The van der Waals surface area contributed by atoms with Crippen LogP contribution < -0.4 is 0 Å². The third kappa shape index (κ3) is 4.14. The van der Waals surface area contributed by atoms with Crippen molar-refractivity contribution in [3.63, 3.8) is 0 Å². The predicted molar refractivity (Wildman–Crippen MR) is 135 cm³/mol. The lowest BCUT2D eigenvalue weighted by Gasteiger charge is -2.15. The Balaban J connectivity index is 1.78. The van der Waals surface area contributed by atoms with Crippen LogP contribution >= 0.6 is 11.6 Å². The summed E-state index contributed by atoms with van der Waals surface area (Å²) in [4.78, 5) is 4.76. The zero-order chi connectivity index (χ0) is 21.8. The van der Waals surface area contributed by atoms with Gasteiger partial charge in [0.05, 0.1) is 17.1 Å². The van der Waals surface area contributed by atoms with E-state index in [-0.39, 0.29) is 0 Å². The van der Waals surface area contributed by atoms with Gasteiger partial charge in [0.15, 0.2) is 0 Å². The quantitative estimate of drug-likeness (QED) is 0.249. The third-order valence-corrected chi connectivity index (χ3v) is 5.59. The molecule has 0 N–H and O–H groups in total. The summed E-state index contributed by atoms with van der Waals surface area (Å²) in [5.41, 5.74) is 7.47. The van der Waals surface area contributed by atoms with E-state index in [4.69, 9.17) is 16.6 Å². The second-order valence-electron chi connectivity index (χ2n) is 7.47. The number of aliphatic imine (C=N–C) groups is 1. The summed E-state index contributed by atoms with van der Waals surface area (Å²) >= 11 is 6.21. The van der Waals surface area contributed by atoms with Crippen LogP contribution in [0.2, 0.25) is 5.02 Å². The van der Waals surface area contributed by atoms with E-state index < -0.39 is 0 Å². The molecule has 4 aromatic carbocycles. The minimum Gasteiger partial charge on any atom is -0.309 e. The molecule has 0 bridgehead atoms. The van der Waals surface area contributed by atoms with Gasteiger partial charge in [0.2, 0.25) is 0 Å². The molecule has 0 spiro atoms. The molecule has 32 heavy (non-hydrogen) atoms. The first-order chi connectivity index (χ1) is 15.8. The Kier molecular flexibility index (Phi) is 5.69. The normalized spacial score (nSPS) is 11.2. The average molecular weight is 433 g/mol. The number of aromatic nitrogens is 1. The summed E-state index contributed by atoms with van der Waals surface area (Å²) in [6, 6.07) is 41.1. The van der Waals surface area contributed by atoms with Crippen LogP contribution in [-0.2, 0) is 0 Å². The Morgan fingerprint density at radius 2 is 1.19 bits per heavy atom. The molecular weight excluding hydrogens is 412 g/mol. The van der Waals surface area contributed by atoms with Crippen LogP contribution in [-0.4, -0.2) is 10.8 Å². The van der Waals surface area contributed by atoms with Crippen molar-refractivity contribution in [2.75, 3.05) is 0 Å². The van der Waals surface area contributed by atoms with Gasteiger partial charge >= 0.3 is 0 Å². The highest BCUT2D eigenvalue weighted by atomic mass is 35.5. The molecule has 0 aliphatic carbocycles. The molecule has 5 rings (SSSR count). The van der Waals surface area contributed by atoms with E-state index >= 15 is 0 Å². The van der Waals surface area contributed by atoms with Gasteiger partial charge < -0.3 is 4.57 Å². The topological polar surface area (TPSA) is 17.3 Å². The summed E-state index contributed by atoms with van der Waals surface area (Å²) in [6.07, 6.45) is 1.95. The summed E-state index contributed by atoms with van der Waals surface area (Å²) in [6.45, 7) is 0. The van der Waals surface area contributed by atoms with Gasteiger partial charge in [-0.25, -0.2) is 0 Å². The molecule has 0 aliphatic heterocycles. The van der Waals surface area contributed by atoms with E-state index in [0.29, 0.717) is 5.02 Å². The number of halogens is 1. The van der Waals surface area contributed by atoms with Crippen molar-refractivity contribution in [1.29, 1.82) is 0 Å². The van der Waals surface area contributed by atoms with Crippen molar-refractivity contribution < 1.29 is 0 Å². The Hall–Kier alpha value is -3.88. The standard InChI is InChI=1S/C29H21ClN2/c30-25-16-18-27(19-17-25)32-28(22-10-4-1-5-11-22)20-24(21-31-26-14-8-3-9-15-26)29(32)23-12-6-2-7-13-23/h1-21H. The maximum atomic E-state index is 6.21. The first-order valence-corrected chi connectivity index (χ1v) is 10.9. The lowest BCUT2D eigenvalue weighted by Crippen LogP contribution is -2.00. The van der Waals surface area contributed by atoms with Crippen molar-refractivity contribution in [3.8, 4) is 28.2 Å². The number of benzene rings is 4. The highest BCUT2D eigenvalue weighted by Gasteiger charge is 2.18. The lowest BCUT2D eigenvalue weighted by molar-refractivity contribution is 1.09. The maximum absolute atomic E-state index is 6.21. The first kappa shape index (κ1) is 20.0. The molecule has 0 saturated carbocycles. The van der Waals surface area contributed by atoms with Gasteiger partial charge in [0.1, 0.15) is 0 Å². The number of nitrogens with zero attached hydrogens (tertiary/aromatic N) is 2. The van der Waals surface area contributed by atoms with Crippen molar-refractivity contribution >= 4 is 23.5 Å². The molecule has 5 aromatic rings. The average Bonchev–Trinajstić information content (AvgIpc) is 3.24. The fraction of sp³-hybridized carbons (Fsp3) is 0. The molecule has 2 nitrogen and oxygen atoms in total. The molecule has 1 aromatic heterocycles. The third-order valence-electron chi connectivity index (χ3n) is 5.34. The molecule has 0 radical (unpaired) electrons. The van der Waals surface area contributed by atoms with Crippen LogP contribution in [0.15, 0.2) is 126 Å². The molecule has 1 heterocycles. The van der Waals surface area contributed by atoms with Crippen LogP contribution in [0, 0.1) is 0 Å². The van der Waals surface area contributed by atoms with Gasteiger partial charge in [-0.3, -0.25) is 4.99 Å². The summed E-state index contributed by atoms with van der Waals surface area (Å²) in [5.74, 6) is 0. The van der Waals surface area contributed by atoms with E-state index in [1.54, 1.807) is 0 Å². The minimum absolute atomic E-state index is 0.717. The van der Waals surface area contributed by atoms with Gasteiger partial charge in [-0.05, 0) is 53.6 Å². The largest absolute Gasteiger partial charge is 0.309 e. The second kappa shape index (κ2) is 9.09. The van der Waals surface area contributed by atoms with Crippen LogP contribution in [0.4, 0.5) is 5.69 Å². The Bertz CT molecular complexity index is 1340. The molecule has 0 saturated heterocycles. The second-order valence-corrected chi connectivity index (χ2v) is 7.91. The van der Waals surface area contributed by atoms with Crippen molar-refractivity contribution in [2.45, 2.75) is 0 Å². The van der Waals surface area contributed by atoms with Gasteiger partial charge in [-0.2, -0.15) is 0 Å². The highest BCUT2D eigenvalue weighted by Crippen LogP contribution is 2.36. The Morgan fingerprint density at radius 1 is 0.625 bits per heavy atom. The van der Waals surface area contributed by atoms with E-state index in [1.807, 2.05) is 60.8 Å². The molecule has 0 unspecified atom stereocenters. The molecule has 0 atom stereocenters. The minimum atomic E-state index is 0.717. The van der Waals surface area contributed by atoms with Gasteiger partial charge in [-0.15, -0.1) is 0 Å². The predicted octanol–water partition coefficient (Wildman–Crippen LogP) is 8.22. The van der Waals surface area contributed by atoms with Crippen molar-refractivity contribution in [1.82, 2.24) is 4.57 Å². The van der Waals surface area contributed by atoms with Crippen LogP contribution in [0.3, 0.4) is 0 Å². The zero-order valence-electron chi connectivity index (χ0n) is 17.4. The van der Waals surface area contributed by atoms with Crippen LogP contribution in [0.25, 0.3) is 28.2 Å². The smallest absolute Gasteiger partial charge is 0.0629 e. The van der Waals surface area contributed by atoms with E-state index in [0.717, 1.165) is 39.5 Å². The number of hydrogen-bond donors (Lipinski definition) is 0. The van der Waals surface area contributed by atoms with E-state index in [9.17, 15) is 0 Å². The fourth-order valence-electron chi connectivity index (χ4n) is 3.86. The summed E-state index contributed by atoms with van der Waals surface area (Å²) in [7, 11) is 0. The van der Waals surface area contributed by atoms with Gasteiger partial charge in [0, 0.05) is 22.5 Å².